The van der Waals surface area contributed by atoms with Gasteiger partial charge in [-0.25, -0.2) is 14.6 Å². The summed E-state index contributed by atoms with van der Waals surface area (Å²) < 4.78 is 1.61. The quantitative estimate of drug-likeness (QED) is 0.717. The first-order valence-corrected chi connectivity index (χ1v) is 7.90. The van der Waals surface area contributed by atoms with Gasteiger partial charge in [0.25, 0.3) is 5.91 Å². The lowest BCUT2D eigenvalue weighted by molar-refractivity contribution is 0.0950. The normalized spacial score (nSPS) is 10.6. The van der Waals surface area contributed by atoms with Crippen molar-refractivity contribution in [1.29, 1.82) is 0 Å². The van der Waals surface area contributed by atoms with Gasteiger partial charge in [-0.15, -0.1) is 5.10 Å². The molecule has 3 rings (SSSR count). The van der Waals surface area contributed by atoms with Crippen LogP contribution < -0.4 is 11.1 Å². The van der Waals surface area contributed by atoms with Crippen LogP contribution in [-0.2, 0) is 13.1 Å². The number of nitrogens with two attached hydrogens (primary N) is 1. The number of aromatic nitrogens is 5. The highest BCUT2D eigenvalue weighted by atomic mass is 35.5. The molecule has 2 aromatic heterocycles. The van der Waals surface area contributed by atoms with Crippen molar-refractivity contribution in [2.45, 2.75) is 20.0 Å². The molecular formula is C16H16ClN7O. The maximum Gasteiger partial charge on any atom is 0.253 e. The standard InChI is InChI=1S/C16H16ClN7O/c1-10-19-6-11(15(18)21-10)8-24-9-12(22-23-24)7-20-16(25)13-4-2-3-5-14(13)17/h2-6,9H,7-8H2,1H3,(H,20,25)(H2,18,19,21). The zero-order valence-electron chi connectivity index (χ0n) is 13.5. The summed E-state index contributed by atoms with van der Waals surface area (Å²) in [5.41, 5.74) is 7.66. The van der Waals surface area contributed by atoms with Crippen LogP contribution in [0.25, 0.3) is 0 Å². The Morgan fingerprint density at radius 2 is 2.16 bits per heavy atom. The third-order valence-corrected chi connectivity index (χ3v) is 3.82. The SMILES string of the molecule is Cc1ncc(Cn2cc(CNC(=O)c3ccccc3Cl)nn2)c(N)n1. The van der Waals surface area contributed by atoms with Gasteiger partial charge in [-0.05, 0) is 19.1 Å². The smallest absolute Gasteiger partial charge is 0.253 e. The zero-order chi connectivity index (χ0) is 17.8. The van der Waals surface area contributed by atoms with Gasteiger partial charge in [-0.1, -0.05) is 28.9 Å². The molecule has 0 unspecified atom stereocenters. The van der Waals surface area contributed by atoms with Gasteiger partial charge < -0.3 is 11.1 Å². The molecule has 2 heterocycles. The van der Waals surface area contributed by atoms with E-state index in [1.807, 2.05) is 0 Å². The topological polar surface area (TPSA) is 112 Å². The fourth-order valence-corrected chi connectivity index (χ4v) is 2.44. The fraction of sp³-hybridized carbons (Fsp3) is 0.188. The van der Waals surface area contributed by atoms with E-state index in [-0.39, 0.29) is 12.5 Å². The van der Waals surface area contributed by atoms with E-state index >= 15 is 0 Å². The number of aryl methyl sites for hydroxylation is 1. The lowest BCUT2D eigenvalue weighted by atomic mass is 10.2. The van der Waals surface area contributed by atoms with Crippen molar-refractivity contribution in [3.8, 4) is 0 Å². The Hall–Kier alpha value is -3.00. The summed E-state index contributed by atoms with van der Waals surface area (Å²) in [5, 5.41) is 11.2. The Morgan fingerprint density at radius 1 is 1.36 bits per heavy atom. The molecule has 0 atom stereocenters. The van der Waals surface area contributed by atoms with E-state index in [1.54, 1.807) is 48.3 Å². The van der Waals surface area contributed by atoms with Crippen molar-refractivity contribution < 1.29 is 4.79 Å². The minimum absolute atomic E-state index is 0.240. The molecule has 3 N–H and O–H groups in total. The molecule has 3 aromatic rings. The third kappa shape index (κ3) is 4.10. The van der Waals surface area contributed by atoms with Crippen LogP contribution >= 0.6 is 11.6 Å². The molecule has 0 saturated heterocycles. The van der Waals surface area contributed by atoms with Crippen molar-refractivity contribution in [3.05, 3.63) is 64.3 Å². The van der Waals surface area contributed by atoms with Crippen LogP contribution in [0.5, 0.6) is 0 Å². The Kier molecular flexibility index (Phi) is 4.90. The van der Waals surface area contributed by atoms with Crippen LogP contribution in [0.4, 0.5) is 5.82 Å². The Balaban J connectivity index is 1.62. The number of hydrogen-bond donors (Lipinski definition) is 2. The largest absolute Gasteiger partial charge is 0.383 e. The van der Waals surface area contributed by atoms with Crippen LogP contribution in [0.1, 0.15) is 27.4 Å². The first kappa shape index (κ1) is 16.8. The van der Waals surface area contributed by atoms with Crippen LogP contribution in [0.15, 0.2) is 36.7 Å². The molecule has 0 aliphatic rings. The average Bonchev–Trinajstić information content (AvgIpc) is 3.03. The molecule has 0 radical (unpaired) electrons. The van der Waals surface area contributed by atoms with E-state index in [0.29, 0.717) is 34.5 Å². The number of nitrogens with one attached hydrogen (secondary N) is 1. The highest BCUT2D eigenvalue weighted by Crippen LogP contribution is 2.14. The summed E-state index contributed by atoms with van der Waals surface area (Å²) in [7, 11) is 0. The maximum absolute atomic E-state index is 12.1. The van der Waals surface area contributed by atoms with Crippen molar-refractivity contribution in [2.24, 2.45) is 0 Å². The first-order chi connectivity index (χ1) is 12.0. The Bertz CT molecular complexity index is 909. The number of anilines is 1. The van der Waals surface area contributed by atoms with Gasteiger partial charge in [0.2, 0.25) is 0 Å². The highest BCUT2D eigenvalue weighted by molar-refractivity contribution is 6.33. The lowest BCUT2D eigenvalue weighted by Crippen LogP contribution is -2.23. The van der Waals surface area contributed by atoms with Crippen LogP contribution in [0, 0.1) is 6.92 Å². The Morgan fingerprint density at radius 3 is 2.92 bits per heavy atom. The number of benzene rings is 1. The van der Waals surface area contributed by atoms with Crippen molar-refractivity contribution >= 4 is 23.3 Å². The van der Waals surface area contributed by atoms with Gasteiger partial charge in [0.05, 0.1) is 29.9 Å². The summed E-state index contributed by atoms with van der Waals surface area (Å²) in [6.07, 6.45) is 3.39. The molecule has 25 heavy (non-hydrogen) atoms. The second-order valence-corrected chi connectivity index (χ2v) is 5.80. The number of carbonyl (C=O) groups is 1. The summed E-state index contributed by atoms with van der Waals surface area (Å²) in [5.74, 6) is 0.760. The lowest BCUT2D eigenvalue weighted by Gasteiger charge is -2.05. The third-order valence-electron chi connectivity index (χ3n) is 3.49. The Labute approximate surface area is 149 Å². The second kappa shape index (κ2) is 7.27. The molecule has 128 valence electrons. The van der Waals surface area contributed by atoms with E-state index in [9.17, 15) is 4.79 Å². The van der Waals surface area contributed by atoms with Crippen molar-refractivity contribution in [3.63, 3.8) is 0 Å². The van der Waals surface area contributed by atoms with Gasteiger partial charge in [0.15, 0.2) is 0 Å². The van der Waals surface area contributed by atoms with Gasteiger partial charge in [0.1, 0.15) is 17.3 Å². The van der Waals surface area contributed by atoms with Gasteiger partial charge >= 0.3 is 0 Å². The number of nitrogens with zero attached hydrogens (tertiary/aromatic N) is 5. The number of rotatable bonds is 5. The minimum Gasteiger partial charge on any atom is -0.383 e. The van der Waals surface area contributed by atoms with Crippen LogP contribution in [0.2, 0.25) is 5.02 Å². The molecule has 0 bridgehead atoms. The predicted molar refractivity (Wildman–Crippen MR) is 92.9 cm³/mol. The summed E-state index contributed by atoms with van der Waals surface area (Å²) in [6, 6.07) is 6.85. The van der Waals surface area contributed by atoms with E-state index in [2.05, 4.69) is 25.6 Å². The van der Waals surface area contributed by atoms with Crippen LogP contribution in [-0.4, -0.2) is 30.9 Å². The van der Waals surface area contributed by atoms with Crippen molar-refractivity contribution in [2.75, 3.05) is 5.73 Å². The molecule has 0 saturated carbocycles. The molecule has 9 heteroatoms. The molecule has 0 fully saturated rings. The second-order valence-electron chi connectivity index (χ2n) is 5.40. The molecule has 0 aliphatic heterocycles. The van der Waals surface area contributed by atoms with Gasteiger partial charge in [0, 0.05) is 11.8 Å². The zero-order valence-corrected chi connectivity index (χ0v) is 14.2. The number of amides is 1. The monoisotopic (exact) mass is 357 g/mol. The highest BCUT2D eigenvalue weighted by Gasteiger charge is 2.11. The summed E-state index contributed by atoms with van der Waals surface area (Å²) in [6.45, 7) is 2.41. The minimum atomic E-state index is -0.267. The van der Waals surface area contributed by atoms with Crippen LogP contribution in [0.3, 0.4) is 0 Å². The van der Waals surface area contributed by atoms with Gasteiger partial charge in [-0.3, -0.25) is 4.79 Å². The van der Waals surface area contributed by atoms with E-state index in [4.69, 9.17) is 17.3 Å². The number of nitrogen functional groups attached to an aromatic ring is 1. The molecule has 0 spiro atoms. The maximum atomic E-state index is 12.1. The summed E-state index contributed by atoms with van der Waals surface area (Å²) >= 11 is 6.00. The number of hydrogen-bond acceptors (Lipinski definition) is 6. The molecule has 1 aromatic carbocycles. The number of halogens is 1. The molecule has 1 amide bonds. The average molecular weight is 358 g/mol. The van der Waals surface area contributed by atoms with E-state index in [0.717, 1.165) is 5.56 Å². The molecule has 8 nitrogen and oxygen atoms in total. The van der Waals surface area contributed by atoms with Gasteiger partial charge in [-0.2, -0.15) is 0 Å². The fourth-order valence-electron chi connectivity index (χ4n) is 2.22. The van der Waals surface area contributed by atoms with E-state index < -0.39 is 0 Å². The molecular weight excluding hydrogens is 342 g/mol. The van der Waals surface area contributed by atoms with Crippen molar-refractivity contribution in [1.82, 2.24) is 30.3 Å². The number of carbonyl (C=O) groups excluding carboxylic acids is 1. The first-order valence-electron chi connectivity index (χ1n) is 7.52. The summed E-state index contributed by atoms with van der Waals surface area (Å²) in [4.78, 5) is 20.4. The molecule has 0 aliphatic carbocycles. The van der Waals surface area contributed by atoms with E-state index in [1.165, 1.54) is 0 Å². The predicted octanol–water partition coefficient (Wildman–Crippen LogP) is 1.59.